The second kappa shape index (κ2) is 3.52. The van der Waals surface area contributed by atoms with Crippen molar-refractivity contribution < 1.29 is 14.6 Å². The van der Waals surface area contributed by atoms with Gasteiger partial charge in [0.1, 0.15) is 6.10 Å². The predicted molar refractivity (Wildman–Crippen MR) is 42.3 cm³/mol. The minimum Gasteiger partial charge on any atom is -0.481 e. The van der Waals surface area contributed by atoms with E-state index in [4.69, 9.17) is 22.1 Å². The van der Waals surface area contributed by atoms with Crippen LogP contribution in [0.5, 0.6) is 0 Å². The van der Waals surface area contributed by atoms with Gasteiger partial charge in [0.15, 0.2) is 0 Å². The van der Waals surface area contributed by atoms with E-state index in [9.17, 15) is 4.79 Å². The van der Waals surface area contributed by atoms with Crippen LogP contribution in [-0.2, 0) is 9.53 Å². The number of ether oxygens (including phenoxy) is 1. The Morgan fingerprint density at radius 2 is 2.64 bits per heavy atom. The molecule has 1 atom stereocenters. The van der Waals surface area contributed by atoms with Gasteiger partial charge in [0.25, 0.3) is 5.17 Å². The first-order valence-corrected chi connectivity index (χ1v) is 3.75. The molecule has 1 saturated heterocycles. The van der Waals surface area contributed by atoms with E-state index in [1.165, 1.54) is 0 Å². The molecule has 2 N–H and O–H groups in total. The number of nitrogens with one attached hydrogen (secondary N) is 1. The average Bonchev–Trinajstić information content (AvgIpc) is 1.85. The zero-order valence-electron chi connectivity index (χ0n) is 5.87. The second-order valence-electron chi connectivity index (χ2n) is 2.34. The summed E-state index contributed by atoms with van der Waals surface area (Å²) in [5, 5.41) is 11.5. The summed E-state index contributed by atoms with van der Waals surface area (Å²) >= 11 is 4.71. The summed E-state index contributed by atoms with van der Waals surface area (Å²) in [6.45, 7) is 0.705. The van der Waals surface area contributed by atoms with Crippen molar-refractivity contribution in [1.82, 2.24) is 5.32 Å². The van der Waals surface area contributed by atoms with E-state index in [2.05, 4.69) is 5.32 Å². The van der Waals surface area contributed by atoms with Gasteiger partial charge in [-0.15, -0.1) is 0 Å². The number of hydrogen-bond acceptors (Lipinski definition) is 3. The zero-order valence-corrected chi connectivity index (χ0v) is 6.69. The molecule has 0 aromatic heterocycles. The van der Waals surface area contributed by atoms with Crippen molar-refractivity contribution in [3.8, 4) is 0 Å². The minimum absolute atomic E-state index is 0.0296. The molecule has 0 aliphatic carbocycles. The number of aliphatic carboxylic acids is 1. The van der Waals surface area contributed by atoms with Crippen LogP contribution in [0, 0.1) is 0 Å². The highest BCUT2D eigenvalue weighted by molar-refractivity contribution is 7.80. The van der Waals surface area contributed by atoms with Crippen LogP contribution in [0.2, 0.25) is 0 Å². The molecule has 1 rings (SSSR count). The van der Waals surface area contributed by atoms with Crippen LogP contribution in [0.15, 0.2) is 0 Å². The Bertz CT molecular complexity index is 181. The first-order valence-electron chi connectivity index (χ1n) is 3.35. The fourth-order valence-corrected chi connectivity index (χ4v) is 1.16. The van der Waals surface area contributed by atoms with E-state index in [0.717, 1.165) is 0 Å². The fourth-order valence-electron chi connectivity index (χ4n) is 0.926. The van der Waals surface area contributed by atoms with Crippen LogP contribution < -0.4 is 5.32 Å². The van der Waals surface area contributed by atoms with Crippen molar-refractivity contribution in [3.63, 3.8) is 0 Å². The molecule has 11 heavy (non-hydrogen) atoms. The van der Waals surface area contributed by atoms with Gasteiger partial charge in [-0.25, -0.2) is 0 Å². The molecule has 0 spiro atoms. The smallest absolute Gasteiger partial charge is 0.307 e. The molecular formula is C6H9NO3S. The van der Waals surface area contributed by atoms with Gasteiger partial charge >= 0.3 is 5.97 Å². The lowest BCUT2D eigenvalue weighted by Gasteiger charge is -2.23. The summed E-state index contributed by atoms with van der Waals surface area (Å²) in [5.74, 6) is -0.847. The first kappa shape index (κ1) is 8.26. The Labute approximate surface area is 69.5 Å². The third-order valence-corrected chi connectivity index (χ3v) is 1.65. The molecule has 0 amide bonds. The third-order valence-electron chi connectivity index (χ3n) is 1.41. The maximum atomic E-state index is 10.2. The van der Waals surface area contributed by atoms with Crippen LogP contribution >= 0.6 is 12.2 Å². The summed E-state index contributed by atoms with van der Waals surface area (Å²) in [6.07, 6.45) is 0.482. The lowest BCUT2D eigenvalue weighted by atomic mass is 10.2. The quantitative estimate of drug-likeness (QED) is 0.584. The highest BCUT2D eigenvalue weighted by Gasteiger charge is 2.19. The van der Waals surface area contributed by atoms with Crippen molar-refractivity contribution in [3.05, 3.63) is 0 Å². The summed E-state index contributed by atoms with van der Waals surface area (Å²) in [6, 6.07) is 0. The molecule has 4 nitrogen and oxygen atoms in total. The molecule has 0 aromatic carbocycles. The molecule has 0 aromatic rings. The number of rotatable bonds is 2. The third kappa shape index (κ3) is 2.71. The largest absolute Gasteiger partial charge is 0.481 e. The van der Waals surface area contributed by atoms with Crippen LogP contribution in [0.4, 0.5) is 0 Å². The maximum Gasteiger partial charge on any atom is 0.307 e. The van der Waals surface area contributed by atoms with Gasteiger partial charge in [0.05, 0.1) is 6.42 Å². The molecule has 1 aliphatic rings. The van der Waals surface area contributed by atoms with E-state index in [1.54, 1.807) is 0 Å². The SMILES string of the molecule is O=C(O)CC1CCNC(=S)O1. The van der Waals surface area contributed by atoms with Crippen LogP contribution in [0.25, 0.3) is 0 Å². The van der Waals surface area contributed by atoms with Crippen LogP contribution in [0.1, 0.15) is 12.8 Å². The Morgan fingerprint density at radius 3 is 3.18 bits per heavy atom. The van der Waals surface area contributed by atoms with Gasteiger partial charge in [-0.2, -0.15) is 0 Å². The molecule has 0 bridgehead atoms. The van der Waals surface area contributed by atoms with Gasteiger partial charge in [-0.05, 0) is 12.2 Å². The highest BCUT2D eigenvalue weighted by atomic mass is 32.1. The van der Waals surface area contributed by atoms with Crippen LogP contribution in [-0.4, -0.2) is 28.9 Å². The van der Waals surface area contributed by atoms with E-state index in [1.807, 2.05) is 0 Å². The number of carboxylic acid groups (broad SMARTS) is 1. The predicted octanol–water partition coefficient (Wildman–Crippen LogP) is 0.125. The normalized spacial score (nSPS) is 23.6. The van der Waals surface area contributed by atoms with Crippen molar-refractivity contribution in [2.75, 3.05) is 6.54 Å². The molecular weight excluding hydrogens is 166 g/mol. The van der Waals surface area contributed by atoms with E-state index in [-0.39, 0.29) is 12.5 Å². The van der Waals surface area contributed by atoms with E-state index >= 15 is 0 Å². The lowest BCUT2D eigenvalue weighted by molar-refractivity contribution is -0.139. The Balaban J connectivity index is 2.34. The Kier molecular flexibility index (Phi) is 2.64. The fraction of sp³-hybridized carbons (Fsp3) is 0.667. The topological polar surface area (TPSA) is 58.6 Å². The molecule has 0 radical (unpaired) electrons. The standard InChI is InChI=1S/C6H9NO3S/c8-5(9)3-4-1-2-7-6(11)10-4/h4H,1-3H2,(H,7,11)(H,8,9). The first-order chi connectivity index (χ1) is 5.18. The van der Waals surface area contributed by atoms with Gasteiger partial charge in [0.2, 0.25) is 0 Å². The van der Waals surface area contributed by atoms with Gasteiger partial charge < -0.3 is 15.2 Å². The number of carbonyl (C=O) groups is 1. The summed E-state index contributed by atoms with van der Waals surface area (Å²) in [4.78, 5) is 10.2. The zero-order chi connectivity index (χ0) is 8.27. The molecule has 5 heteroatoms. The summed E-state index contributed by atoms with van der Waals surface area (Å²) in [7, 11) is 0. The summed E-state index contributed by atoms with van der Waals surface area (Å²) in [5.41, 5.74) is 0. The molecule has 1 aliphatic heterocycles. The average molecular weight is 175 g/mol. The molecule has 62 valence electrons. The highest BCUT2D eigenvalue weighted by Crippen LogP contribution is 2.07. The van der Waals surface area contributed by atoms with E-state index in [0.29, 0.717) is 18.1 Å². The number of thiocarbonyl (C=S) groups is 1. The Hall–Kier alpha value is -0.840. The molecule has 1 heterocycles. The van der Waals surface area contributed by atoms with Crippen molar-refractivity contribution in [2.45, 2.75) is 18.9 Å². The lowest BCUT2D eigenvalue weighted by Crippen LogP contribution is -2.38. The minimum atomic E-state index is -0.847. The summed E-state index contributed by atoms with van der Waals surface area (Å²) < 4.78 is 5.04. The number of hydrogen-bond donors (Lipinski definition) is 2. The molecule has 1 fully saturated rings. The molecule has 1 unspecified atom stereocenters. The van der Waals surface area contributed by atoms with Gasteiger partial charge in [-0.3, -0.25) is 4.79 Å². The maximum absolute atomic E-state index is 10.2. The monoisotopic (exact) mass is 175 g/mol. The van der Waals surface area contributed by atoms with Gasteiger partial charge in [-0.1, -0.05) is 0 Å². The number of carboxylic acids is 1. The van der Waals surface area contributed by atoms with E-state index < -0.39 is 5.97 Å². The van der Waals surface area contributed by atoms with Crippen molar-refractivity contribution in [1.29, 1.82) is 0 Å². The Morgan fingerprint density at radius 1 is 1.91 bits per heavy atom. The van der Waals surface area contributed by atoms with Crippen LogP contribution in [0.3, 0.4) is 0 Å². The molecule has 0 saturated carbocycles. The van der Waals surface area contributed by atoms with Crippen molar-refractivity contribution in [2.24, 2.45) is 0 Å². The van der Waals surface area contributed by atoms with Crippen molar-refractivity contribution >= 4 is 23.4 Å². The van der Waals surface area contributed by atoms with Gasteiger partial charge in [0, 0.05) is 13.0 Å². The second-order valence-corrected chi connectivity index (χ2v) is 2.71.